The zero-order chi connectivity index (χ0) is 16.0. The van der Waals surface area contributed by atoms with Crippen molar-refractivity contribution in [2.24, 2.45) is 5.73 Å². The Morgan fingerprint density at radius 3 is 2.41 bits per heavy atom. The minimum Gasteiger partial charge on any atom is -0.337 e. The highest BCUT2D eigenvalue weighted by Crippen LogP contribution is 2.13. The lowest BCUT2D eigenvalue weighted by molar-refractivity contribution is -0.132. The van der Waals surface area contributed by atoms with Crippen LogP contribution in [0.4, 0.5) is 8.78 Å². The molecule has 0 aliphatic carbocycles. The van der Waals surface area contributed by atoms with Gasteiger partial charge >= 0.3 is 0 Å². The average Bonchev–Trinajstić information content (AvgIpc) is 2.35. The monoisotopic (exact) mass is 335 g/mol. The van der Waals surface area contributed by atoms with Gasteiger partial charge in [-0.05, 0) is 27.1 Å². The van der Waals surface area contributed by atoms with Gasteiger partial charge in [-0.15, -0.1) is 12.4 Å². The maximum atomic E-state index is 13.7. The van der Waals surface area contributed by atoms with E-state index in [4.69, 9.17) is 5.73 Å². The Labute approximate surface area is 136 Å². The molecule has 0 fully saturated rings. The van der Waals surface area contributed by atoms with Crippen molar-refractivity contribution in [3.63, 3.8) is 0 Å². The van der Waals surface area contributed by atoms with Crippen LogP contribution in [-0.4, -0.2) is 48.9 Å². The van der Waals surface area contributed by atoms with E-state index in [0.717, 1.165) is 6.07 Å². The summed E-state index contributed by atoms with van der Waals surface area (Å²) in [5.41, 5.74) is 5.95. The quantitative estimate of drug-likeness (QED) is 0.829. The molecule has 1 amide bonds. The molecule has 0 aliphatic heterocycles. The minimum atomic E-state index is -0.640. The standard InChI is InChI=1S/C15H23F2N3O.ClH/c1-11(18)8-15(21)20(7-6-19(2)3)10-12-4-5-13(16)9-14(12)17;/h4-5,9,11H,6-8,10,18H2,1-3H3;1H. The summed E-state index contributed by atoms with van der Waals surface area (Å²) in [7, 11) is 3.79. The van der Waals surface area contributed by atoms with Gasteiger partial charge in [0.05, 0.1) is 0 Å². The van der Waals surface area contributed by atoms with E-state index in [-0.39, 0.29) is 37.3 Å². The Kier molecular flexibility index (Phi) is 9.16. The van der Waals surface area contributed by atoms with E-state index < -0.39 is 11.6 Å². The number of hydrogen-bond acceptors (Lipinski definition) is 3. The first-order valence-corrected chi connectivity index (χ1v) is 6.91. The van der Waals surface area contributed by atoms with E-state index in [1.807, 2.05) is 19.0 Å². The van der Waals surface area contributed by atoms with Crippen LogP contribution < -0.4 is 5.73 Å². The molecule has 0 bridgehead atoms. The number of nitrogens with two attached hydrogens (primary N) is 1. The summed E-state index contributed by atoms with van der Waals surface area (Å²) in [5.74, 6) is -1.40. The van der Waals surface area contributed by atoms with E-state index in [0.29, 0.717) is 18.7 Å². The van der Waals surface area contributed by atoms with Gasteiger partial charge < -0.3 is 15.5 Å². The smallest absolute Gasteiger partial charge is 0.224 e. The number of benzene rings is 1. The molecule has 0 saturated heterocycles. The molecule has 22 heavy (non-hydrogen) atoms. The molecule has 1 unspecified atom stereocenters. The van der Waals surface area contributed by atoms with Crippen molar-refractivity contribution in [1.29, 1.82) is 0 Å². The first kappa shape index (κ1) is 20.8. The van der Waals surface area contributed by atoms with Crippen molar-refractivity contribution >= 4 is 18.3 Å². The van der Waals surface area contributed by atoms with Crippen LogP contribution in [0.15, 0.2) is 18.2 Å². The van der Waals surface area contributed by atoms with E-state index in [1.54, 1.807) is 11.8 Å². The molecule has 1 rings (SSSR count). The van der Waals surface area contributed by atoms with Crippen LogP contribution in [-0.2, 0) is 11.3 Å². The summed E-state index contributed by atoms with van der Waals surface area (Å²) in [4.78, 5) is 15.7. The lowest BCUT2D eigenvalue weighted by atomic mass is 10.1. The molecule has 0 heterocycles. The fourth-order valence-corrected chi connectivity index (χ4v) is 1.87. The summed E-state index contributed by atoms with van der Waals surface area (Å²) < 4.78 is 26.6. The fraction of sp³-hybridized carbons (Fsp3) is 0.533. The Hall–Kier alpha value is -1.24. The molecule has 0 aromatic heterocycles. The Bertz CT molecular complexity index is 484. The van der Waals surface area contributed by atoms with Gasteiger partial charge in [-0.3, -0.25) is 4.79 Å². The normalized spacial score (nSPS) is 12.0. The maximum Gasteiger partial charge on any atom is 0.224 e. The van der Waals surface area contributed by atoms with Crippen LogP contribution in [0.1, 0.15) is 18.9 Å². The van der Waals surface area contributed by atoms with Gasteiger partial charge in [0.2, 0.25) is 5.91 Å². The fourth-order valence-electron chi connectivity index (χ4n) is 1.87. The summed E-state index contributed by atoms with van der Waals surface area (Å²) in [6.07, 6.45) is 0.205. The lowest BCUT2D eigenvalue weighted by Gasteiger charge is -2.25. The van der Waals surface area contributed by atoms with Crippen LogP contribution in [0, 0.1) is 11.6 Å². The third kappa shape index (κ3) is 7.15. The van der Waals surface area contributed by atoms with Crippen LogP contribution >= 0.6 is 12.4 Å². The molecule has 0 aliphatic rings. The van der Waals surface area contributed by atoms with E-state index >= 15 is 0 Å². The Balaban J connectivity index is 0.00000441. The van der Waals surface area contributed by atoms with Gasteiger partial charge in [-0.25, -0.2) is 8.78 Å². The summed E-state index contributed by atoms with van der Waals surface area (Å²) >= 11 is 0. The van der Waals surface area contributed by atoms with Crippen molar-refractivity contribution in [3.8, 4) is 0 Å². The SMILES string of the molecule is CC(N)CC(=O)N(CCN(C)C)Cc1ccc(F)cc1F.Cl. The number of carbonyl (C=O) groups excluding carboxylic acids is 1. The highest BCUT2D eigenvalue weighted by Gasteiger charge is 2.17. The molecule has 1 aromatic rings. The average molecular weight is 336 g/mol. The van der Waals surface area contributed by atoms with Gasteiger partial charge in [0.1, 0.15) is 11.6 Å². The van der Waals surface area contributed by atoms with Crippen molar-refractivity contribution in [2.75, 3.05) is 27.2 Å². The molecule has 7 heteroatoms. The predicted octanol–water partition coefficient (Wildman–Crippen LogP) is 2.01. The van der Waals surface area contributed by atoms with Gasteiger partial charge in [-0.2, -0.15) is 0 Å². The molecule has 4 nitrogen and oxygen atoms in total. The summed E-state index contributed by atoms with van der Waals surface area (Å²) in [5, 5.41) is 0. The van der Waals surface area contributed by atoms with Crippen molar-refractivity contribution in [3.05, 3.63) is 35.4 Å². The number of likely N-dealkylation sites (N-methyl/N-ethyl adjacent to an activating group) is 1. The molecule has 0 saturated carbocycles. The largest absolute Gasteiger partial charge is 0.337 e. The second-order valence-electron chi connectivity index (χ2n) is 5.54. The zero-order valence-electron chi connectivity index (χ0n) is 13.2. The Morgan fingerprint density at radius 2 is 1.91 bits per heavy atom. The van der Waals surface area contributed by atoms with Crippen LogP contribution in [0.3, 0.4) is 0 Å². The van der Waals surface area contributed by atoms with Crippen molar-refractivity contribution in [1.82, 2.24) is 9.80 Å². The number of amides is 1. The number of carbonyl (C=O) groups is 1. The third-order valence-corrected chi connectivity index (χ3v) is 3.04. The lowest BCUT2D eigenvalue weighted by Crippen LogP contribution is -2.38. The predicted molar refractivity (Wildman–Crippen MR) is 85.8 cm³/mol. The third-order valence-electron chi connectivity index (χ3n) is 3.04. The van der Waals surface area contributed by atoms with E-state index in [2.05, 4.69) is 0 Å². The van der Waals surface area contributed by atoms with Crippen molar-refractivity contribution < 1.29 is 13.6 Å². The van der Waals surface area contributed by atoms with Crippen LogP contribution in [0.2, 0.25) is 0 Å². The Morgan fingerprint density at radius 1 is 1.27 bits per heavy atom. The second-order valence-corrected chi connectivity index (χ2v) is 5.54. The van der Waals surface area contributed by atoms with Gasteiger partial charge in [0.15, 0.2) is 0 Å². The molecule has 126 valence electrons. The van der Waals surface area contributed by atoms with Gasteiger partial charge in [0.25, 0.3) is 0 Å². The molecule has 1 aromatic carbocycles. The zero-order valence-corrected chi connectivity index (χ0v) is 14.0. The summed E-state index contributed by atoms with van der Waals surface area (Å²) in [6.45, 7) is 2.99. The van der Waals surface area contributed by atoms with Gasteiger partial charge in [-0.1, -0.05) is 6.07 Å². The summed E-state index contributed by atoms with van der Waals surface area (Å²) in [6, 6.07) is 3.14. The minimum absolute atomic E-state index is 0. The second kappa shape index (κ2) is 9.71. The number of halogens is 3. The molecular formula is C15H24ClF2N3O. The number of nitrogens with zero attached hydrogens (tertiary/aromatic N) is 2. The van der Waals surface area contributed by atoms with Crippen LogP contribution in [0.5, 0.6) is 0 Å². The van der Waals surface area contributed by atoms with E-state index in [9.17, 15) is 13.6 Å². The molecular weight excluding hydrogens is 312 g/mol. The number of hydrogen-bond donors (Lipinski definition) is 1. The topological polar surface area (TPSA) is 49.6 Å². The maximum absolute atomic E-state index is 13.7. The molecule has 0 radical (unpaired) electrons. The number of rotatable bonds is 7. The van der Waals surface area contributed by atoms with Crippen LogP contribution in [0.25, 0.3) is 0 Å². The first-order valence-electron chi connectivity index (χ1n) is 6.91. The highest BCUT2D eigenvalue weighted by atomic mass is 35.5. The molecule has 0 spiro atoms. The highest BCUT2D eigenvalue weighted by molar-refractivity contribution is 5.85. The van der Waals surface area contributed by atoms with Gasteiger partial charge in [0, 0.05) is 43.7 Å². The first-order chi connectivity index (χ1) is 9.79. The molecule has 2 N–H and O–H groups in total. The van der Waals surface area contributed by atoms with Crippen molar-refractivity contribution in [2.45, 2.75) is 25.9 Å². The van der Waals surface area contributed by atoms with E-state index in [1.165, 1.54) is 12.1 Å². The molecule has 1 atom stereocenters.